The molecule has 0 fully saturated rings. The molecule has 1 N–H and O–H groups in total. The van der Waals surface area contributed by atoms with Gasteiger partial charge in [0, 0.05) is 11.8 Å². The van der Waals surface area contributed by atoms with Crippen LogP contribution in [-0.2, 0) is 0 Å². The Morgan fingerprint density at radius 3 is 2.64 bits per heavy atom. The van der Waals surface area contributed by atoms with Crippen LogP contribution in [0.4, 0.5) is 0 Å². The molecule has 0 radical (unpaired) electrons. The summed E-state index contributed by atoms with van der Waals surface area (Å²) in [6.45, 7) is 3.80. The maximum Gasteiger partial charge on any atom is 0.274 e. The number of aromatic nitrogens is 2. The van der Waals surface area contributed by atoms with E-state index in [0.29, 0.717) is 0 Å². The van der Waals surface area contributed by atoms with Crippen LogP contribution in [0, 0.1) is 13.8 Å². The van der Waals surface area contributed by atoms with E-state index in [1.807, 2.05) is 31.2 Å². The van der Waals surface area contributed by atoms with Crippen LogP contribution in [-0.4, -0.2) is 9.78 Å². The first-order valence-corrected chi connectivity index (χ1v) is 4.52. The largest absolute Gasteiger partial charge is 0.298 e. The van der Waals surface area contributed by atoms with Crippen LogP contribution in [0.5, 0.6) is 0 Å². The zero-order valence-corrected chi connectivity index (χ0v) is 8.24. The zero-order chi connectivity index (χ0) is 10.1. The van der Waals surface area contributed by atoms with Crippen LogP contribution < -0.4 is 5.56 Å². The van der Waals surface area contributed by atoms with Gasteiger partial charge in [0.25, 0.3) is 5.56 Å². The average Bonchev–Trinajstić information content (AvgIpc) is 2.48. The molecule has 1 heterocycles. The maximum absolute atomic E-state index is 11.6. The summed E-state index contributed by atoms with van der Waals surface area (Å²) in [6.07, 6.45) is 1.71. The van der Waals surface area contributed by atoms with Crippen LogP contribution in [0.3, 0.4) is 0 Å². The van der Waals surface area contributed by atoms with Gasteiger partial charge in [0.05, 0.1) is 5.69 Å². The van der Waals surface area contributed by atoms with Gasteiger partial charge in [-0.25, -0.2) is 4.68 Å². The summed E-state index contributed by atoms with van der Waals surface area (Å²) in [5.41, 5.74) is 2.76. The molecule has 2 aromatic rings. The van der Waals surface area contributed by atoms with Crippen molar-refractivity contribution in [1.29, 1.82) is 0 Å². The molecule has 0 unspecified atom stereocenters. The summed E-state index contributed by atoms with van der Waals surface area (Å²) in [5.74, 6) is 0. The lowest BCUT2D eigenvalue weighted by Crippen LogP contribution is -2.15. The highest BCUT2D eigenvalue weighted by Crippen LogP contribution is 2.06. The number of H-pyrrole nitrogens is 1. The van der Waals surface area contributed by atoms with Crippen molar-refractivity contribution in [3.8, 4) is 5.69 Å². The Kier molecular flexibility index (Phi) is 2.00. The van der Waals surface area contributed by atoms with Gasteiger partial charge in [-0.1, -0.05) is 12.1 Å². The van der Waals surface area contributed by atoms with Crippen molar-refractivity contribution in [3.63, 3.8) is 0 Å². The first-order chi connectivity index (χ1) is 6.68. The van der Waals surface area contributed by atoms with Crippen molar-refractivity contribution in [2.75, 3.05) is 0 Å². The fourth-order valence-electron chi connectivity index (χ4n) is 1.42. The predicted octanol–water partition coefficient (Wildman–Crippen LogP) is 1.78. The van der Waals surface area contributed by atoms with Gasteiger partial charge in [-0.3, -0.25) is 9.89 Å². The van der Waals surface area contributed by atoms with Gasteiger partial charge < -0.3 is 0 Å². The van der Waals surface area contributed by atoms with Gasteiger partial charge in [0.2, 0.25) is 0 Å². The SMILES string of the molecule is Cc1cccc(-n2[nH]cc(C)c2=O)c1. The number of hydrogen-bond donors (Lipinski definition) is 1. The molecule has 1 aromatic heterocycles. The van der Waals surface area contributed by atoms with Crippen LogP contribution in [0.2, 0.25) is 0 Å². The van der Waals surface area contributed by atoms with Crippen molar-refractivity contribution >= 4 is 0 Å². The molecule has 0 atom stereocenters. The number of aryl methyl sites for hydroxylation is 2. The van der Waals surface area contributed by atoms with Gasteiger partial charge in [0.15, 0.2) is 0 Å². The molecule has 0 amide bonds. The van der Waals surface area contributed by atoms with Crippen molar-refractivity contribution in [2.45, 2.75) is 13.8 Å². The molecule has 2 rings (SSSR count). The Morgan fingerprint density at radius 1 is 1.29 bits per heavy atom. The van der Waals surface area contributed by atoms with E-state index < -0.39 is 0 Å². The van der Waals surface area contributed by atoms with Gasteiger partial charge in [0.1, 0.15) is 0 Å². The third-order valence-electron chi connectivity index (χ3n) is 2.21. The summed E-state index contributed by atoms with van der Waals surface area (Å²) in [4.78, 5) is 11.6. The summed E-state index contributed by atoms with van der Waals surface area (Å²) < 4.78 is 1.54. The normalized spacial score (nSPS) is 10.4. The fraction of sp³-hybridized carbons (Fsp3) is 0.182. The van der Waals surface area contributed by atoms with Crippen LogP contribution in [0.15, 0.2) is 35.3 Å². The van der Waals surface area contributed by atoms with E-state index >= 15 is 0 Å². The lowest BCUT2D eigenvalue weighted by molar-refractivity contribution is 0.847. The number of rotatable bonds is 1. The molecule has 0 aliphatic rings. The van der Waals surface area contributed by atoms with Gasteiger partial charge in [-0.2, -0.15) is 0 Å². The van der Waals surface area contributed by atoms with E-state index in [4.69, 9.17) is 0 Å². The van der Waals surface area contributed by atoms with E-state index in [1.165, 1.54) is 0 Å². The Hall–Kier alpha value is -1.77. The third-order valence-corrected chi connectivity index (χ3v) is 2.21. The molecule has 0 saturated carbocycles. The minimum atomic E-state index is 0.00981. The molecule has 0 spiro atoms. The topological polar surface area (TPSA) is 37.8 Å². The predicted molar refractivity (Wildman–Crippen MR) is 55.9 cm³/mol. The number of aromatic amines is 1. The Bertz CT molecular complexity index is 508. The quantitative estimate of drug-likeness (QED) is 0.727. The second-order valence-electron chi connectivity index (χ2n) is 3.44. The number of nitrogens with one attached hydrogen (secondary N) is 1. The summed E-state index contributed by atoms with van der Waals surface area (Å²) in [6, 6.07) is 7.82. The maximum atomic E-state index is 11.6. The van der Waals surface area contributed by atoms with E-state index in [-0.39, 0.29) is 5.56 Å². The van der Waals surface area contributed by atoms with E-state index in [9.17, 15) is 4.79 Å². The van der Waals surface area contributed by atoms with Gasteiger partial charge in [-0.15, -0.1) is 0 Å². The van der Waals surface area contributed by atoms with Crippen molar-refractivity contribution < 1.29 is 0 Å². The van der Waals surface area contributed by atoms with Gasteiger partial charge in [-0.05, 0) is 31.5 Å². The molecule has 0 bridgehead atoms. The van der Waals surface area contributed by atoms with Crippen LogP contribution >= 0.6 is 0 Å². The summed E-state index contributed by atoms with van der Waals surface area (Å²) >= 11 is 0. The number of nitrogens with zero attached hydrogens (tertiary/aromatic N) is 1. The lowest BCUT2D eigenvalue weighted by atomic mass is 10.2. The first kappa shape index (κ1) is 8.81. The summed E-state index contributed by atoms with van der Waals surface area (Å²) in [5, 5.41) is 2.92. The second-order valence-corrected chi connectivity index (χ2v) is 3.44. The first-order valence-electron chi connectivity index (χ1n) is 4.52. The molecule has 3 heteroatoms. The number of hydrogen-bond acceptors (Lipinski definition) is 1. The van der Waals surface area contributed by atoms with Gasteiger partial charge >= 0.3 is 0 Å². The molecular weight excluding hydrogens is 176 g/mol. The number of benzene rings is 1. The highest BCUT2D eigenvalue weighted by atomic mass is 16.1. The zero-order valence-electron chi connectivity index (χ0n) is 8.24. The smallest absolute Gasteiger partial charge is 0.274 e. The monoisotopic (exact) mass is 188 g/mol. The lowest BCUT2D eigenvalue weighted by Gasteiger charge is -2.01. The minimum Gasteiger partial charge on any atom is -0.298 e. The average molecular weight is 188 g/mol. The molecule has 0 aliphatic carbocycles. The Balaban J connectivity index is 2.60. The Morgan fingerprint density at radius 2 is 2.07 bits per heavy atom. The highest BCUT2D eigenvalue weighted by Gasteiger charge is 2.02. The van der Waals surface area contributed by atoms with Crippen LogP contribution in [0.1, 0.15) is 11.1 Å². The van der Waals surface area contributed by atoms with E-state index in [0.717, 1.165) is 16.8 Å². The second kappa shape index (κ2) is 3.18. The molecular formula is C11H12N2O. The molecule has 3 nitrogen and oxygen atoms in total. The standard InChI is InChI=1S/C11H12N2O/c1-8-4-3-5-10(6-8)13-11(14)9(2)7-12-13/h3-7,12H,1-2H3. The van der Waals surface area contributed by atoms with Crippen molar-refractivity contribution in [1.82, 2.24) is 9.78 Å². The van der Waals surface area contributed by atoms with E-state index in [1.54, 1.807) is 17.8 Å². The molecule has 14 heavy (non-hydrogen) atoms. The molecule has 72 valence electrons. The minimum absolute atomic E-state index is 0.00981. The van der Waals surface area contributed by atoms with Crippen molar-refractivity contribution in [2.24, 2.45) is 0 Å². The highest BCUT2D eigenvalue weighted by molar-refractivity contribution is 5.34. The van der Waals surface area contributed by atoms with Crippen molar-refractivity contribution in [3.05, 3.63) is 51.9 Å². The Labute approximate surface area is 82.0 Å². The molecule has 0 saturated heterocycles. The molecule has 1 aromatic carbocycles. The molecule has 0 aliphatic heterocycles. The summed E-state index contributed by atoms with van der Waals surface area (Å²) in [7, 11) is 0. The van der Waals surface area contributed by atoms with E-state index in [2.05, 4.69) is 5.10 Å². The fourth-order valence-corrected chi connectivity index (χ4v) is 1.42. The van der Waals surface area contributed by atoms with Crippen LogP contribution in [0.25, 0.3) is 5.69 Å². The third kappa shape index (κ3) is 1.37.